The Morgan fingerprint density at radius 2 is 2.04 bits per heavy atom. The van der Waals surface area contributed by atoms with E-state index in [-0.39, 0.29) is 0 Å². The Balaban J connectivity index is 1.50. The van der Waals surface area contributed by atoms with Crippen molar-refractivity contribution in [3.05, 3.63) is 23.8 Å². The monoisotopic (exact) mass is 362 g/mol. The quantitative estimate of drug-likeness (QED) is 0.471. The highest BCUT2D eigenvalue weighted by atomic mass is 16.5. The number of nitrogens with zero attached hydrogens (tertiary/aromatic N) is 3. The SMILES string of the molecule is O=C(NC(CO)C(=O)NCCN1CCOCC1)c1ccc2n[nH]nc2c1. The molecule has 1 aliphatic heterocycles. The van der Waals surface area contributed by atoms with E-state index in [4.69, 9.17) is 4.74 Å². The van der Waals surface area contributed by atoms with E-state index in [0.717, 1.165) is 13.1 Å². The Hall–Kier alpha value is -2.56. The zero-order valence-electron chi connectivity index (χ0n) is 14.3. The summed E-state index contributed by atoms with van der Waals surface area (Å²) in [6, 6.07) is 3.80. The third kappa shape index (κ3) is 4.54. The van der Waals surface area contributed by atoms with Gasteiger partial charge in [0, 0.05) is 31.7 Å². The van der Waals surface area contributed by atoms with Crippen molar-refractivity contribution < 1.29 is 19.4 Å². The van der Waals surface area contributed by atoms with E-state index in [9.17, 15) is 14.7 Å². The minimum Gasteiger partial charge on any atom is -0.394 e. The topological polar surface area (TPSA) is 132 Å². The molecule has 1 aromatic carbocycles. The number of hydrogen-bond donors (Lipinski definition) is 4. The zero-order chi connectivity index (χ0) is 18.4. The number of nitrogens with one attached hydrogen (secondary N) is 3. The van der Waals surface area contributed by atoms with Crippen molar-refractivity contribution in [3.8, 4) is 0 Å². The summed E-state index contributed by atoms with van der Waals surface area (Å²) in [5, 5.41) is 25.0. The smallest absolute Gasteiger partial charge is 0.252 e. The van der Waals surface area contributed by atoms with Gasteiger partial charge >= 0.3 is 0 Å². The number of amides is 2. The number of aliphatic hydroxyl groups is 1. The maximum absolute atomic E-state index is 12.3. The summed E-state index contributed by atoms with van der Waals surface area (Å²) in [6.07, 6.45) is 0. The fourth-order valence-electron chi connectivity index (χ4n) is 2.70. The highest BCUT2D eigenvalue weighted by Crippen LogP contribution is 2.10. The van der Waals surface area contributed by atoms with Crippen LogP contribution < -0.4 is 10.6 Å². The van der Waals surface area contributed by atoms with E-state index >= 15 is 0 Å². The minimum absolute atomic E-state index is 0.339. The van der Waals surface area contributed by atoms with Gasteiger partial charge in [0.1, 0.15) is 17.1 Å². The summed E-state index contributed by atoms with van der Waals surface area (Å²) in [4.78, 5) is 26.7. The van der Waals surface area contributed by atoms with Gasteiger partial charge in [-0.05, 0) is 18.2 Å². The maximum atomic E-state index is 12.3. The Morgan fingerprint density at radius 1 is 1.27 bits per heavy atom. The van der Waals surface area contributed by atoms with Gasteiger partial charge in [-0.2, -0.15) is 15.4 Å². The highest BCUT2D eigenvalue weighted by molar-refractivity contribution is 5.99. The van der Waals surface area contributed by atoms with Crippen LogP contribution >= 0.6 is 0 Å². The molecule has 1 fully saturated rings. The van der Waals surface area contributed by atoms with Gasteiger partial charge in [0.05, 0.1) is 19.8 Å². The maximum Gasteiger partial charge on any atom is 0.252 e. The van der Waals surface area contributed by atoms with Gasteiger partial charge in [0.15, 0.2) is 0 Å². The standard InChI is InChI=1S/C16H22N6O4/c23-10-14(16(25)17-3-4-22-5-7-26-8-6-22)18-15(24)11-1-2-12-13(9-11)20-21-19-12/h1-2,9,14,23H,3-8,10H2,(H,17,25)(H,18,24)(H,19,20,21). The summed E-state index contributed by atoms with van der Waals surface area (Å²) < 4.78 is 5.27. The molecular weight excluding hydrogens is 340 g/mol. The number of carbonyl (C=O) groups is 2. The molecule has 0 spiro atoms. The van der Waals surface area contributed by atoms with Crippen LogP contribution in [0.3, 0.4) is 0 Å². The predicted octanol–water partition coefficient (Wildman–Crippen LogP) is -1.50. The molecule has 1 atom stereocenters. The van der Waals surface area contributed by atoms with E-state index in [1.54, 1.807) is 18.2 Å². The average Bonchev–Trinajstić information content (AvgIpc) is 3.14. The molecule has 4 N–H and O–H groups in total. The molecular formula is C16H22N6O4. The molecule has 1 aliphatic rings. The molecule has 2 aromatic rings. The lowest BCUT2D eigenvalue weighted by Crippen LogP contribution is -2.50. The molecule has 0 bridgehead atoms. The van der Waals surface area contributed by atoms with Gasteiger partial charge in [-0.15, -0.1) is 0 Å². The average molecular weight is 362 g/mol. The van der Waals surface area contributed by atoms with E-state index < -0.39 is 24.5 Å². The number of ether oxygens (including phenoxy) is 1. The second-order valence-corrected chi connectivity index (χ2v) is 5.98. The fraction of sp³-hybridized carbons (Fsp3) is 0.500. The van der Waals surface area contributed by atoms with Gasteiger partial charge in [-0.25, -0.2) is 0 Å². The number of morpholine rings is 1. The number of aromatic nitrogens is 3. The lowest BCUT2D eigenvalue weighted by atomic mass is 10.1. The largest absolute Gasteiger partial charge is 0.394 e. The number of H-pyrrole nitrogens is 1. The molecule has 10 heteroatoms. The molecule has 2 heterocycles. The predicted molar refractivity (Wildman–Crippen MR) is 92.5 cm³/mol. The molecule has 1 unspecified atom stereocenters. The van der Waals surface area contributed by atoms with Crippen LogP contribution in [-0.4, -0.2) is 89.3 Å². The van der Waals surface area contributed by atoms with Gasteiger partial charge in [0.2, 0.25) is 5.91 Å². The van der Waals surface area contributed by atoms with Crippen molar-refractivity contribution in [2.45, 2.75) is 6.04 Å². The summed E-state index contributed by atoms with van der Waals surface area (Å²) in [7, 11) is 0. The molecule has 26 heavy (non-hydrogen) atoms. The number of rotatable bonds is 7. The summed E-state index contributed by atoms with van der Waals surface area (Å²) in [6.45, 7) is 3.71. The third-order valence-corrected chi connectivity index (χ3v) is 4.21. The lowest BCUT2D eigenvalue weighted by Gasteiger charge is -2.26. The molecule has 140 valence electrons. The van der Waals surface area contributed by atoms with Gasteiger partial charge in [-0.3, -0.25) is 14.5 Å². The van der Waals surface area contributed by atoms with Crippen molar-refractivity contribution in [2.75, 3.05) is 46.0 Å². The normalized spacial score (nSPS) is 16.3. The summed E-state index contributed by atoms with van der Waals surface area (Å²) in [5.41, 5.74) is 1.53. The van der Waals surface area contributed by atoms with E-state index in [0.29, 0.717) is 42.9 Å². The Morgan fingerprint density at radius 3 is 2.81 bits per heavy atom. The van der Waals surface area contributed by atoms with Gasteiger partial charge in [-0.1, -0.05) is 0 Å². The van der Waals surface area contributed by atoms with E-state index in [1.165, 1.54) is 0 Å². The first-order valence-corrected chi connectivity index (χ1v) is 8.47. The van der Waals surface area contributed by atoms with Crippen LogP contribution in [0, 0.1) is 0 Å². The number of hydrogen-bond acceptors (Lipinski definition) is 7. The summed E-state index contributed by atoms with van der Waals surface area (Å²) >= 11 is 0. The fourth-order valence-corrected chi connectivity index (χ4v) is 2.70. The van der Waals surface area contributed by atoms with Gasteiger partial charge in [0.25, 0.3) is 5.91 Å². The summed E-state index contributed by atoms with van der Waals surface area (Å²) in [5.74, 6) is -0.881. The number of benzene rings is 1. The Labute approximate surface area is 149 Å². The first-order chi connectivity index (χ1) is 12.7. The van der Waals surface area contributed by atoms with Crippen molar-refractivity contribution in [1.29, 1.82) is 0 Å². The molecule has 0 radical (unpaired) electrons. The molecule has 2 amide bonds. The number of aliphatic hydroxyl groups excluding tert-OH is 1. The molecule has 0 aliphatic carbocycles. The number of fused-ring (bicyclic) bond motifs is 1. The van der Waals surface area contributed by atoms with Crippen molar-refractivity contribution in [3.63, 3.8) is 0 Å². The molecule has 10 nitrogen and oxygen atoms in total. The second kappa shape index (κ2) is 8.70. The van der Waals surface area contributed by atoms with Crippen molar-refractivity contribution in [1.82, 2.24) is 30.9 Å². The number of carbonyl (C=O) groups excluding carboxylic acids is 2. The van der Waals surface area contributed by atoms with Gasteiger partial charge < -0.3 is 20.5 Å². The van der Waals surface area contributed by atoms with Crippen molar-refractivity contribution in [2.24, 2.45) is 0 Å². The minimum atomic E-state index is -1.01. The third-order valence-electron chi connectivity index (χ3n) is 4.21. The first-order valence-electron chi connectivity index (χ1n) is 8.47. The Kier molecular flexibility index (Phi) is 6.10. The van der Waals surface area contributed by atoms with Crippen LogP contribution in [-0.2, 0) is 9.53 Å². The second-order valence-electron chi connectivity index (χ2n) is 5.98. The molecule has 3 rings (SSSR count). The highest BCUT2D eigenvalue weighted by Gasteiger charge is 2.21. The van der Waals surface area contributed by atoms with Crippen molar-refractivity contribution >= 4 is 22.8 Å². The Bertz CT molecular complexity index is 758. The van der Waals surface area contributed by atoms with Crippen LogP contribution in [0.25, 0.3) is 11.0 Å². The van der Waals surface area contributed by atoms with Crippen LogP contribution in [0.5, 0.6) is 0 Å². The van der Waals surface area contributed by atoms with Crippen LogP contribution in [0.15, 0.2) is 18.2 Å². The van der Waals surface area contributed by atoms with Crippen LogP contribution in [0.2, 0.25) is 0 Å². The molecule has 1 saturated heterocycles. The zero-order valence-corrected chi connectivity index (χ0v) is 14.3. The van der Waals surface area contributed by atoms with Crippen LogP contribution in [0.4, 0.5) is 0 Å². The molecule has 1 aromatic heterocycles. The first kappa shape index (κ1) is 18.2. The number of aromatic amines is 1. The van der Waals surface area contributed by atoms with E-state index in [2.05, 4.69) is 30.9 Å². The lowest BCUT2D eigenvalue weighted by molar-refractivity contribution is -0.123. The molecule has 0 saturated carbocycles. The van der Waals surface area contributed by atoms with E-state index in [1.807, 2.05) is 0 Å². The van der Waals surface area contributed by atoms with Crippen LogP contribution in [0.1, 0.15) is 10.4 Å².